The molecule has 8 heteroatoms. The Balaban J connectivity index is 1.88. The fourth-order valence-corrected chi connectivity index (χ4v) is 2.68. The number of rotatable bonds is 3. The van der Waals surface area contributed by atoms with Crippen LogP contribution in [0.25, 0.3) is 10.9 Å². The van der Waals surface area contributed by atoms with Gasteiger partial charge in [-0.15, -0.1) is 0 Å². The highest BCUT2D eigenvalue weighted by Crippen LogP contribution is 2.30. The van der Waals surface area contributed by atoms with Crippen LogP contribution < -0.4 is 5.32 Å². The van der Waals surface area contributed by atoms with Crippen molar-refractivity contribution >= 4 is 28.2 Å². The van der Waals surface area contributed by atoms with Gasteiger partial charge in [-0.1, -0.05) is 23.4 Å². The summed E-state index contributed by atoms with van der Waals surface area (Å²) in [6, 6.07) is 11.3. The van der Waals surface area contributed by atoms with Crippen LogP contribution in [-0.4, -0.2) is 21.4 Å². The first-order chi connectivity index (χ1) is 12.3. The van der Waals surface area contributed by atoms with Gasteiger partial charge in [0, 0.05) is 35.4 Å². The molecule has 0 bridgehead atoms. The van der Waals surface area contributed by atoms with Crippen molar-refractivity contribution in [3.05, 3.63) is 65.9 Å². The van der Waals surface area contributed by atoms with E-state index in [1.807, 2.05) is 12.1 Å². The Bertz CT molecular complexity index is 989. The van der Waals surface area contributed by atoms with Gasteiger partial charge < -0.3 is 15.1 Å². The highest BCUT2D eigenvalue weighted by Gasteiger charge is 2.30. The maximum atomic E-state index is 12.6. The fourth-order valence-electron chi connectivity index (χ4n) is 2.68. The number of anilines is 1. The number of alkyl halides is 3. The summed E-state index contributed by atoms with van der Waals surface area (Å²) in [5, 5.41) is 15.6. The van der Waals surface area contributed by atoms with Crippen LogP contribution in [0.15, 0.2) is 59.9 Å². The van der Waals surface area contributed by atoms with Crippen LogP contribution in [-0.2, 0) is 18.0 Å². The summed E-state index contributed by atoms with van der Waals surface area (Å²) in [5.41, 5.74) is 0.354. The molecule has 0 aliphatic rings. The summed E-state index contributed by atoms with van der Waals surface area (Å²) in [6.45, 7) is 0. The lowest BCUT2D eigenvalue weighted by atomic mass is 10.1. The van der Waals surface area contributed by atoms with Gasteiger partial charge in [-0.25, -0.2) is 0 Å². The number of aromatic nitrogens is 1. The lowest BCUT2D eigenvalue weighted by Gasteiger charge is -2.09. The molecule has 2 N–H and O–H groups in total. The van der Waals surface area contributed by atoms with E-state index in [-0.39, 0.29) is 11.4 Å². The van der Waals surface area contributed by atoms with Crippen molar-refractivity contribution in [1.82, 2.24) is 4.57 Å². The van der Waals surface area contributed by atoms with Crippen molar-refractivity contribution in [2.45, 2.75) is 6.18 Å². The van der Waals surface area contributed by atoms with Gasteiger partial charge in [0.1, 0.15) is 0 Å². The van der Waals surface area contributed by atoms with Crippen molar-refractivity contribution in [2.75, 3.05) is 5.32 Å². The van der Waals surface area contributed by atoms with Gasteiger partial charge in [-0.2, -0.15) is 13.2 Å². The normalized spacial score (nSPS) is 12.4. The number of para-hydroxylation sites is 1. The van der Waals surface area contributed by atoms with E-state index in [0.717, 1.165) is 29.8 Å². The van der Waals surface area contributed by atoms with E-state index in [1.54, 1.807) is 29.9 Å². The Labute approximate surface area is 146 Å². The largest absolute Gasteiger partial charge is 0.416 e. The summed E-state index contributed by atoms with van der Waals surface area (Å²) < 4.78 is 39.6. The zero-order chi connectivity index (χ0) is 18.9. The highest BCUT2D eigenvalue weighted by atomic mass is 19.4. The number of nitrogens with one attached hydrogen (secondary N) is 1. The molecule has 0 atom stereocenters. The van der Waals surface area contributed by atoms with Gasteiger partial charge in [0.25, 0.3) is 5.91 Å². The summed E-state index contributed by atoms with van der Waals surface area (Å²) in [6.07, 6.45) is -2.81. The smallest absolute Gasteiger partial charge is 0.410 e. The monoisotopic (exact) mass is 361 g/mol. The van der Waals surface area contributed by atoms with Crippen LogP contribution >= 0.6 is 0 Å². The molecule has 0 unspecified atom stereocenters. The molecule has 5 nitrogen and oxygen atoms in total. The van der Waals surface area contributed by atoms with Crippen molar-refractivity contribution in [2.24, 2.45) is 12.2 Å². The molecular weight excluding hydrogens is 347 g/mol. The number of benzene rings is 2. The van der Waals surface area contributed by atoms with Crippen LogP contribution in [0, 0.1) is 0 Å². The van der Waals surface area contributed by atoms with Crippen molar-refractivity contribution in [1.29, 1.82) is 0 Å². The molecule has 1 amide bonds. The lowest BCUT2D eigenvalue weighted by Crippen LogP contribution is -2.24. The Hall–Kier alpha value is -3.29. The van der Waals surface area contributed by atoms with Gasteiger partial charge in [-0.3, -0.25) is 4.79 Å². The zero-order valence-corrected chi connectivity index (χ0v) is 13.6. The summed E-state index contributed by atoms with van der Waals surface area (Å²) in [4.78, 5) is 12.4. The minimum Gasteiger partial charge on any atom is -0.410 e. The number of oxime groups is 1. The maximum absolute atomic E-state index is 12.6. The second-order valence-corrected chi connectivity index (χ2v) is 5.65. The van der Waals surface area contributed by atoms with Crippen molar-refractivity contribution in [3.63, 3.8) is 0 Å². The minimum absolute atomic E-state index is 0.157. The molecule has 3 rings (SSSR count). The number of amides is 1. The third-order valence-electron chi connectivity index (χ3n) is 3.94. The van der Waals surface area contributed by atoms with Crippen molar-refractivity contribution in [3.8, 4) is 0 Å². The number of halogens is 3. The second kappa shape index (κ2) is 6.55. The standard InChI is InChI=1S/C18H14F3N3O2/c1-24-10-14(13-4-2-3-5-15(13)24)16(23-26)17(25)22-12-8-6-11(7-9-12)18(19,20)21/h2-10,26H,1H3,(H,22,25)/b23-16-. The van der Waals surface area contributed by atoms with E-state index >= 15 is 0 Å². The number of nitrogens with zero attached hydrogens (tertiary/aromatic N) is 2. The molecule has 0 fully saturated rings. The van der Waals surface area contributed by atoms with Crippen molar-refractivity contribution < 1.29 is 23.2 Å². The molecule has 0 aliphatic heterocycles. The predicted octanol–water partition coefficient (Wildman–Crippen LogP) is 4.01. The second-order valence-electron chi connectivity index (χ2n) is 5.65. The molecule has 1 aromatic heterocycles. The maximum Gasteiger partial charge on any atom is 0.416 e. The Morgan fingerprint density at radius 2 is 1.77 bits per heavy atom. The predicted molar refractivity (Wildman–Crippen MR) is 91.3 cm³/mol. The Kier molecular flexibility index (Phi) is 4.41. The third kappa shape index (κ3) is 3.26. The molecule has 0 radical (unpaired) electrons. The number of aryl methyl sites for hydroxylation is 1. The SMILES string of the molecule is Cn1cc(/C(=N/O)C(=O)Nc2ccc(C(F)(F)F)cc2)c2ccccc21. The van der Waals surface area contributed by atoms with Gasteiger partial charge in [0.15, 0.2) is 5.71 Å². The lowest BCUT2D eigenvalue weighted by molar-refractivity contribution is -0.137. The first-order valence-electron chi connectivity index (χ1n) is 7.56. The molecule has 1 heterocycles. The topological polar surface area (TPSA) is 66.6 Å². The molecule has 2 aromatic carbocycles. The zero-order valence-electron chi connectivity index (χ0n) is 13.6. The van der Waals surface area contributed by atoms with E-state index in [9.17, 15) is 23.2 Å². The van der Waals surface area contributed by atoms with E-state index in [0.29, 0.717) is 10.9 Å². The molecule has 0 spiro atoms. The molecule has 134 valence electrons. The summed E-state index contributed by atoms with van der Waals surface area (Å²) >= 11 is 0. The molecule has 26 heavy (non-hydrogen) atoms. The van der Waals surface area contributed by atoms with E-state index in [4.69, 9.17) is 0 Å². The average Bonchev–Trinajstić information content (AvgIpc) is 2.92. The van der Waals surface area contributed by atoms with E-state index in [2.05, 4.69) is 10.5 Å². The molecular formula is C18H14F3N3O2. The van der Waals surface area contributed by atoms with Gasteiger partial charge in [0.05, 0.1) is 5.56 Å². The third-order valence-corrected chi connectivity index (χ3v) is 3.94. The first kappa shape index (κ1) is 17.5. The van der Waals surface area contributed by atoms with E-state index in [1.165, 1.54) is 0 Å². The van der Waals surface area contributed by atoms with Gasteiger partial charge >= 0.3 is 6.18 Å². The quantitative estimate of drug-likeness (QED) is 0.420. The number of carbonyl (C=O) groups is 1. The van der Waals surface area contributed by atoms with Crippen LogP contribution in [0.1, 0.15) is 11.1 Å². The van der Waals surface area contributed by atoms with Crippen LogP contribution in [0.2, 0.25) is 0 Å². The number of carbonyl (C=O) groups excluding carboxylic acids is 1. The summed E-state index contributed by atoms with van der Waals surface area (Å²) in [5.74, 6) is -0.733. The molecule has 0 aliphatic carbocycles. The molecule has 0 saturated heterocycles. The molecule has 3 aromatic rings. The van der Waals surface area contributed by atoms with E-state index < -0.39 is 17.6 Å². The Morgan fingerprint density at radius 1 is 1.12 bits per heavy atom. The average molecular weight is 361 g/mol. The number of hydrogen-bond donors (Lipinski definition) is 2. The Morgan fingerprint density at radius 3 is 2.38 bits per heavy atom. The minimum atomic E-state index is -4.46. The summed E-state index contributed by atoms with van der Waals surface area (Å²) in [7, 11) is 1.79. The van der Waals surface area contributed by atoms with Crippen LogP contribution in [0.4, 0.5) is 18.9 Å². The van der Waals surface area contributed by atoms with Gasteiger partial charge in [-0.05, 0) is 30.3 Å². The number of fused-ring (bicyclic) bond motifs is 1. The van der Waals surface area contributed by atoms with Crippen LogP contribution in [0.5, 0.6) is 0 Å². The first-order valence-corrected chi connectivity index (χ1v) is 7.56. The van der Waals surface area contributed by atoms with Crippen LogP contribution in [0.3, 0.4) is 0 Å². The highest BCUT2D eigenvalue weighted by molar-refractivity contribution is 6.50. The number of hydrogen-bond acceptors (Lipinski definition) is 3. The van der Waals surface area contributed by atoms with Gasteiger partial charge in [0.2, 0.25) is 0 Å². The fraction of sp³-hybridized carbons (Fsp3) is 0.111. The molecule has 0 saturated carbocycles.